The molecule has 21 heavy (non-hydrogen) atoms. The van der Waals surface area contributed by atoms with Gasteiger partial charge in [-0.25, -0.2) is 0 Å². The topological polar surface area (TPSA) is 38.8 Å². The smallest absolute Gasteiger partial charge is 0.236 e. The third-order valence-corrected chi connectivity index (χ3v) is 3.19. The molecule has 0 radical (unpaired) electrons. The molecule has 0 aliphatic heterocycles. The van der Waals surface area contributed by atoms with Crippen LogP contribution in [0.5, 0.6) is 0 Å². The lowest BCUT2D eigenvalue weighted by Crippen LogP contribution is -2.46. The summed E-state index contributed by atoms with van der Waals surface area (Å²) in [5.74, 6) is 0.211. The van der Waals surface area contributed by atoms with Gasteiger partial charge in [0.2, 0.25) is 5.91 Å². The minimum Gasteiger partial charge on any atom is -0.341 e. The Balaban J connectivity index is 4.29. The van der Waals surface area contributed by atoms with Gasteiger partial charge < -0.3 is 20.0 Å². The van der Waals surface area contributed by atoms with E-state index in [1.54, 1.807) is 0 Å². The molecule has 0 spiro atoms. The fourth-order valence-corrected chi connectivity index (χ4v) is 1.97. The molecule has 0 aromatic heterocycles. The van der Waals surface area contributed by atoms with Gasteiger partial charge in [0.05, 0.1) is 6.54 Å². The molecule has 0 fully saturated rings. The molecule has 1 amide bonds. The highest BCUT2D eigenvalue weighted by Gasteiger charge is 2.16. The lowest BCUT2D eigenvalue weighted by atomic mass is 10.1. The Bertz CT molecular complexity index is 270. The molecule has 0 aromatic rings. The average Bonchev–Trinajstić information content (AvgIpc) is 2.32. The van der Waals surface area contributed by atoms with Crippen molar-refractivity contribution in [3.05, 3.63) is 0 Å². The van der Waals surface area contributed by atoms with Crippen LogP contribution in [0.4, 0.5) is 0 Å². The quantitative estimate of drug-likeness (QED) is 0.656. The van der Waals surface area contributed by atoms with Crippen molar-refractivity contribution in [1.29, 1.82) is 0 Å². The second kappa shape index (κ2) is 10.1. The van der Waals surface area contributed by atoms with Crippen molar-refractivity contribution in [2.45, 2.75) is 39.2 Å². The molecule has 0 saturated heterocycles. The van der Waals surface area contributed by atoms with E-state index in [9.17, 15) is 4.79 Å². The lowest BCUT2D eigenvalue weighted by Gasteiger charge is -2.27. The molecule has 126 valence electrons. The molecule has 1 N–H and O–H groups in total. The summed E-state index contributed by atoms with van der Waals surface area (Å²) in [5, 5.41) is 3.29. The molecule has 5 nitrogen and oxygen atoms in total. The average molecular weight is 300 g/mol. The predicted octanol–water partition coefficient (Wildman–Crippen LogP) is 1.11. The van der Waals surface area contributed by atoms with Gasteiger partial charge in [0.1, 0.15) is 0 Å². The van der Waals surface area contributed by atoms with Crippen LogP contribution in [-0.2, 0) is 4.79 Å². The van der Waals surface area contributed by atoms with Crippen LogP contribution >= 0.6 is 0 Å². The number of rotatable bonds is 10. The van der Waals surface area contributed by atoms with Crippen LogP contribution < -0.4 is 5.32 Å². The number of amides is 1. The summed E-state index contributed by atoms with van der Waals surface area (Å²) in [5.41, 5.74) is -0.0192. The molecular weight excluding hydrogens is 264 g/mol. The first-order chi connectivity index (χ1) is 9.61. The summed E-state index contributed by atoms with van der Waals surface area (Å²) < 4.78 is 0. The van der Waals surface area contributed by atoms with E-state index < -0.39 is 0 Å². The molecule has 5 heteroatoms. The summed E-state index contributed by atoms with van der Waals surface area (Å²) in [4.78, 5) is 18.7. The summed E-state index contributed by atoms with van der Waals surface area (Å²) in [6, 6.07) is 0. The van der Waals surface area contributed by atoms with Crippen molar-refractivity contribution in [3.8, 4) is 0 Å². The number of hydrogen-bond acceptors (Lipinski definition) is 4. The zero-order valence-corrected chi connectivity index (χ0v) is 15.2. The normalized spacial score (nSPS) is 12.2. The number of nitrogens with zero attached hydrogens (tertiary/aromatic N) is 3. The van der Waals surface area contributed by atoms with E-state index in [4.69, 9.17) is 0 Å². The first-order valence-electron chi connectivity index (χ1n) is 7.94. The first-order valence-corrected chi connectivity index (χ1v) is 7.94. The number of nitrogens with one attached hydrogen (secondary N) is 1. The van der Waals surface area contributed by atoms with Gasteiger partial charge in [0.25, 0.3) is 0 Å². The maximum Gasteiger partial charge on any atom is 0.236 e. The zero-order chi connectivity index (χ0) is 16.5. The highest BCUT2D eigenvalue weighted by atomic mass is 16.2. The maximum atomic E-state index is 12.4. The van der Waals surface area contributed by atoms with Crippen molar-refractivity contribution in [2.75, 3.05) is 60.9 Å². The van der Waals surface area contributed by atoms with Crippen molar-refractivity contribution < 1.29 is 4.79 Å². The van der Waals surface area contributed by atoms with Crippen molar-refractivity contribution in [1.82, 2.24) is 20.0 Å². The van der Waals surface area contributed by atoms with Crippen LogP contribution in [0.3, 0.4) is 0 Å². The number of carbonyl (C=O) groups excluding carboxylic acids is 1. The van der Waals surface area contributed by atoms with Crippen LogP contribution in [0.25, 0.3) is 0 Å². The first kappa shape index (κ1) is 20.3. The fraction of sp³-hybridized carbons (Fsp3) is 0.938. The summed E-state index contributed by atoms with van der Waals surface area (Å²) in [6.45, 7) is 10.4. The third kappa shape index (κ3) is 12.8. The Kier molecular flexibility index (Phi) is 9.83. The second-order valence-corrected chi connectivity index (χ2v) is 7.30. The van der Waals surface area contributed by atoms with E-state index in [-0.39, 0.29) is 11.4 Å². The molecular formula is C16H36N4O. The van der Waals surface area contributed by atoms with Gasteiger partial charge >= 0.3 is 0 Å². The largest absolute Gasteiger partial charge is 0.341 e. The monoisotopic (exact) mass is 300 g/mol. The Hall–Kier alpha value is -0.650. The Morgan fingerprint density at radius 2 is 1.29 bits per heavy atom. The zero-order valence-electron chi connectivity index (χ0n) is 15.2. The van der Waals surface area contributed by atoms with Gasteiger partial charge in [-0.15, -0.1) is 0 Å². The van der Waals surface area contributed by atoms with E-state index in [1.165, 1.54) is 0 Å². The van der Waals surface area contributed by atoms with Gasteiger partial charge in [-0.1, -0.05) is 0 Å². The second-order valence-electron chi connectivity index (χ2n) is 7.30. The van der Waals surface area contributed by atoms with Crippen LogP contribution in [0.2, 0.25) is 0 Å². The fourth-order valence-electron chi connectivity index (χ4n) is 1.97. The molecule has 0 aromatic carbocycles. The highest BCUT2D eigenvalue weighted by molar-refractivity contribution is 5.78. The predicted molar refractivity (Wildman–Crippen MR) is 90.7 cm³/mol. The summed E-state index contributed by atoms with van der Waals surface area (Å²) in [7, 11) is 8.28. The summed E-state index contributed by atoms with van der Waals surface area (Å²) >= 11 is 0. The minimum atomic E-state index is -0.0192. The highest BCUT2D eigenvalue weighted by Crippen LogP contribution is 2.01. The molecule has 0 rings (SSSR count). The Morgan fingerprint density at radius 3 is 1.62 bits per heavy atom. The van der Waals surface area contributed by atoms with Crippen molar-refractivity contribution in [3.63, 3.8) is 0 Å². The molecule has 0 atom stereocenters. The summed E-state index contributed by atoms with van der Waals surface area (Å²) in [6.07, 6.45) is 2.05. The van der Waals surface area contributed by atoms with Gasteiger partial charge in [0, 0.05) is 18.6 Å². The Morgan fingerprint density at radius 1 is 0.857 bits per heavy atom. The molecule has 0 unspecified atom stereocenters. The molecule has 0 heterocycles. The van der Waals surface area contributed by atoms with Crippen LogP contribution in [0, 0.1) is 0 Å². The van der Waals surface area contributed by atoms with Crippen LogP contribution in [0.1, 0.15) is 33.6 Å². The van der Waals surface area contributed by atoms with Gasteiger partial charge in [0.15, 0.2) is 0 Å². The van der Waals surface area contributed by atoms with Crippen LogP contribution in [-0.4, -0.2) is 87.1 Å². The van der Waals surface area contributed by atoms with Gasteiger partial charge in [-0.3, -0.25) is 4.79 Å². The maximum absolute atomic E-state index is 12.4. The number of hydrogen-bond donors (Lipinski definition) is 1. The van der Waals surface area contributed by atoms with Crippen LogP contribution in [0.15, 0.2) is 0 Å². The van der Waals surface area contributed by atoms with E-state index in [2.05, 4.69) is 64.1 Å². The standard InChI is InChI=1S/C16H36N4O/c1-16(2,3)17-14-15(21)20(12-8-10-18(4)5)13-9-11-19(6)7/h17H,8-14H2,1-7H3. The molecule has 0 saturated carbocycles. The van der Waals surface area contributed by atoms with Gasteiger partial charge in [-0.2, -0.15) is 0 Å². The lowest BCUT2D eigenvalue weighted by molar-refractivity contribution is -0.130. The minimum absolute atomic E-state index is 0.0192. The third-order valence-electron chi connectivity index (χ3n) is 3.19. The SMILES string of the molecule is CN(C)CCCN(CCCN(C)C)C(=O)CNC(C)(C)C. The molecule has 0 aliphatic rings. The van der Waals surface area contributed by atoms with Crippen molar-refractivity contribution >= 4 is 5.91 Å². The number of carbonyl (C=O) groups is 1. The Labute approximate surface area is 131 Å². The van der Waals surface area contributed by atoms with E-state index in [0.29, 0.717) is 6.54 Å². The van der Waals surface area contributed by atoms with E-state index in [0.717, 1.165) is 39.0 Å². The van der Waals surface area contributed by atoms with Gasteiger partial charge in [-0.05, 0) is 74.9 Å². The van der Waals surface area contributed by atoms with Crippen molar-refractivity contribution in [2.24, 2.45) is 0 Å². The van der Waals surface area contributed by atoms with E-state index in [1.807, 2.05) is 4.90 Å². The van der Waals surface area contributed by atoms with E-state index >= 15 is 0 Å². The molecule has 0 bridgehead atoms. The molecule has 0 aliphatic carbocycles.